The Morgan fingerprint density at radius 2 is 0.700 bits per heavy atom. The fourth-order valence-corrected chi connectivity index (χ4v) is 17.1. The number of likely N-dealkylation sites (N-methyl/N-ethyl adjacent to an activating group) is 3. The minimum atomic E-state index is -0.691. The molecule has 14 aromatic rings. The van der Waals surface area contributed by atoms with Crippen molar-refractivity contribution in [1.29, 1.82) is 0 Å². The summed E-state index contributed by atoms with van der Waals surface area (Å²) in [5.74, 6) is 7.71. The third-order valence-corrected chi connectivity index (χ3v) is 25.8. The van der Waals surface area contributed by atoms with Gasteiger partial charge in [-0.15, -0.1) is 0 Å². The first-order valence-electron chi connectivity index (χ1n) is 49.2. The number of carbonyl (C=O) groups is 4. The van der Waals surface area contributed by atoms with E-state index < -0.39 is 18.2 Å². The standard InChI is InChI=1S/C33H39N7O3.C30H32N4O7.C25H31N7O.C25H30N6O2/c1-6-38-16-18-39(19-17-38)26-12-10-25(11-13-26)36-30-21-31(35-22-34-30)40(28-15-14-27(42-4)20-29(28)43-5)33(41)37-32-23(2)8-7-9-24(32)3;1-18-9-8-10-19(2)27(18)41-30(35)34(22-12-11-21(36-3)17-23(22)37-4)26-13-14-31-29(33-26)32-20-15-24(38-5)28(40-7)25(16-20)39-6;1-18-6-5-7-19(2)24(18)29-25(33)31(4)23-16-22(26-17-27-23)28-20-8-10-21(11-9-20)32-14-12-30(3)13-15-32;1-18-6-5-7-19(2)23(18)33-25(32)30(4)22-12-13-26-24(28-22)27-20-8-10-21(11-9-20)31-16-14-29(3)15-17-31/h7-15,20-22H,6,16-19H2,1-5H3,(H,37,41)(H,34,35,36);8-17H,1-7H3,(H,31,32,33);5-11,16-17H,12-15H2,1-4H3,(H,29,33)(H,26,27,28);5-13H,14-17H2,1-4H3,(H,26,27,28). The second-order valence-corrected chi connectivity index (χ2v) is 36.0. The molecule has 37 nitrogen and oxygen atoms in total. The van der Waals surface area contributed by atoms with Gasteiger partial charge in [0.1, 0.15) is 82.1 Å². The Kier molecular flexibility index (Phi) is 37.3. The number of amides is 6. The zero-order valence-corrected chi connectivity index (χ0v) is 88.6. The second kappa shape index (κ2) is 51.6. The van der Waals surface area contributed by atoms with Crippen LogP contribution >= 0.6 is 0 Å². The fraction of sp³-hybridized carbons (Fsp3) is 0.292. The minimum Gasteiger partial charge on any atom is -0.497 e. The van der Waals surface area contributed by atoms with Gasteiger partial charge in [-0.05, 0) is 224 Å². The van der Waals surface area contributed by atoms with Crippen LogP contribution in [0.25, 0.3) is 0 Å². The number of aryl methyl sites for hydroxylation is 8. The van der Waals surface area contributed by atoms with Crippen LogP contribution in [0.2, 0.25) is 0 Å². The maximum Gasteiger partial charge on any atom is 0.425 e. The highest BCUT2D eigenvalue weighted by atomic mass is 16.6. The predicted molar refractivity (Wildman–Crippen MR) is 594 cm³/mol. The number of anilines is 19. The van der Waals surface area contributed by atoms with E-state index in [1.807, 2.05) is 165 Å². The highest BCUT2D eigenvalue weighted by Crippen LogP contribution is 2.44. The van der Waals surface area contributed by atoms with Crippen molar-refractivity contribution < 1.29 is 61.8 Å². The molecule has 3 aliphatic rings. The molecule has 37 heteroatoms. The number of para-hydroxylation sites is 4. The summed E-state index contributed by atoms with van der Waals surface area (Å²) in [6.45, 7) is 31.4. The Labute approximate surface area is 876 Å². The number of nitrogens with zero attached hydrogens (tertiary/aromatic N) is 18. The number of hydrogen-bond donors (Lipinski definition) is 6. The van der Waals surface area contributed by atoms with Gasteiger partial charge in [-0.2, -0.15) is 9.97 Å². The molecule has 0 radical (unpaired) electrons. The number of carbonyl (C=O) groups excluding carboxylic acids is 4. The molecule has 3 aliphatic heterocycles. The Morgan fingerprint density at radius 3 is 1.12 bits per heavy atom. The van der Waals surface area contributed by atoms with E-state index in [4.69, 9.17) is 42.6 Å². The molecule has 6 amide bonds. The van der Waals surface area contributed by atoms with Gasteiger partial charge in [0.25, 0.3) is 0 Å². The van der Waals surface area contributed by atoms with Gasteiger partial charge in [-0.25, -0.2) is 58.9 Å². The number of nitrogens with one attached hydrogen (secondary N) is 6. The number of ether oxygens (including phenoxy) is 9. The molecule has 0 atom stereocenters. The number of methoxy groups -OCH3 is 7. The molecule has 150 heavy (non-hydrogen) atoms. The summed E-state index contributed by atoms with van der Waals surface area (Å²) in [4.78, 5) is 109. The van der Waals surface area contributed by atoms with Gasteiger partial charge in [-0.1, -0.05) is 79.7 Å². The van der Waals surface area contributed by atoms with E-state index in [-0.39, 0.29) is 17.8 Å². The van der Waals surface area contributed by atoms with Gasteiger partial charge in [-0.3, -0.25) is 9.80 Å². The molecular weight excluding hydrogens is 1900 g/mol. The summed E-state index contributed by atoms with van der Waals surface area (Å²) >= 11 is 0. The Morgan fingerprint density at radius 1 is 0.327 bits per heavy atom. The first-order valence-corrected chi connectivity index (χ1v) is 49.2. The van der Waals surface area contributed by atoms with Gasteiger partial charge in [0.2, 0.25) is 17.6 Å². The van der Waals surface area contributed by atoms with Crippen LogP contribution in [0.15, 0.2) is 243 Å². The van der Waals surface area contributed by atoms with Gasteiger partial charge in [0.15, 0.2) is 11.5 Å². The Balaban J connectivity index is 0.000000158. The molecule has 17 rings (SSSR count). The predicted octanol–water partition coefficient (Wildman–Crippen LogP) is 21.1. The van der Waals surface area contributed by atoms with Crippen LogP contribution in [-0.4, -0.2) is 242 Å². The van der Waals surface area contributed by atoms with E-state index in [1.165, 1.54) is 84.0 Å². The average molecular weight is 2030 g/mol. The second-order valence-electron chi connectivity index (χ2n) is 36.0. The average Bonchev–Trinajstić information content (AvgIpc) is 0.783. The van der Waals surface area contributed by atoms with Gasteiger partial charge in [0, 0.05) is 199 Å². The maximum absolute atomic E-state index is 14.0. The molecule has 6 N–H and O–H groups in total. The SMILES string of the molecule is CCN1CCN(c2ccc(Nc3cc(N(C(=O)Nc4c(C)cccc4C)c4ccc(OC)cc4OC)ncn3)cc2)CC1.COc1ccc(N(C(=O)Oc2c(C)cccc2C)c2ccnc(Nc3cc(OC)c(OC)c(OC)c3)n2)c(OC)c1.Cc1cccc(C)c1NC(=O)N(C)c1cc(Nc2ccc(N3CCN(C)CC3)cc2)ncn1.Cc1cccc(C)c1OC(=O)N(C)c1ccnc(Nc2ccc(N3CCN(C)CC3)cc2)n1. The Hall–Kier alpha value is -17.3. The number of aromatic nitrogens is 8. The zero-order valence-electron chi connectivity index (χ0n) is 88.6. The molecule has 3 saturated heterocycles. The summed E-state index contributed by atoms with van der Waals surface area (Å²) in [6, 6.07) is 68.1. The van der Waals surface area contributed by atoms with Crippen molar-refractivity contribution in [3.63, 3.8) is 0 Å². The van der Waals surface area contributed by atoms with Crippen LogP contribution in [0.5, 0.6) is 51.7 Å². The lowest BCUT2D eigenvalue weighted by Gasteiger charge is -2.35. The molecule has 7 heterocycles. The van der Waals surface area contributed by atoms with Crippen molar-refractivity contribution in [1.82, 2.24) is 54.6 Å². The van der Waals surface area contributed by atoms with Crippen LogP contribution in [0.1, 0.15) is 51.4 Å². The lowest BCUT2D eigenvalue weighted by Crippen LogP contribution is -2.46. The first-order chi connectivity index (χ1) is 72.5. The highest BCUT2D eigenvalue weighted by molar-refractivity contribution is 6.08. The summed E-state index contributed by atoms with van der Waals surface area (Å²) in [5, 5.41) is 19.1. The molecule has 782 valence electrons. The van der Waals surface area contributed by atoms with E-state index in [9.17, 15) is 19.2 Å². The van der Waals surface area contributed by atoms with Crippen LogP contribution in [-0.2, 0) is 0 Å². The van der Waals surface area contributed by atoms with Gasteiger partial charge >= 0.3 is 24.2 Å². The van der Waals surface area contributed by atoms with E-state index in [1.54, 1.807) is 114 Å². The molecular formula is C113H132N24O13. The maximum atomic E-state index is 14.0. The normalized spacial score (nSPS) is 12.9. The summed E-state index contributed by atoms with van der Waals surface area (Å²) in [5.41, 5.74) is 16.7. The summed E-state index contributed by atoms with van der Waals surface area (Å²) in [6.07, 6.45) is 4.84. The number of benzene rings is 10. The molecule has 10 aromatic carbocycles. The van der Waals surface area contributed by atoms with E-state index in [0.29, 0.717) is 104 Å². The van der Waals surface area contributed by atoms with Crippen LogP contribution in [0, 0.1) is 55.4 Å². The molecule has 3 fully saturated rings. The van der Waals surface area contributed by atoms with Crippen LogP contribution < -0.4 is 109 Å². The number of urea groups is 2. The first kappa shape index (κ1) is 108. The number of hydrogen-bond acceptors (Lipinski definition) is 31. The molecule has 0 bridgehead atoms. The lowest BCUT2D eigenvalue weighted by molar-refractivity contribution is 0.207. The number of rotatable bonds is 29. The van der Waals surface area contributed by atoms with Crippen LogP contribution in [0.3, 0.4) is 0 Å². The molecule has 0 spiro atoms. The minimum absolute atomic E-state index is 0.203. The highest BCUT2D eigenvalue weighted by Gasteiger charge is 2.31. The van der Waals surface area contributed by atoms with E-state index in [0.717, 1.165) is 158 Å². The fourth-order valence-electron chi connectivity index (χ4n) is 17.1. The van der Waals surface area contributed by atoms with Crippen molar-refractivity contribution in [2.75, 3.05) is 229 Å². The third kappa shape index (κ3) is 27.9. The summed E-state index contributed by atoms with van der Waals surface area (Å²) < 4.78 is 49.9. The molecule has 0 unspecified atom stereocenters. The molecule has 0 saturated carbocycles. The Bertz CT molecular complexity index is 6670. The number of piperazine rings is 3. The molecule has 4 aromatic heterocycles. The van der Waals surface area contributed by atoms with Crippen molar-refractivity contribution in [3.8, 4) is 51.7 Å². The third-order valence-electron chi connectivity index (χ3n) is 25.8. The lowest BCUT2D eigenvalue weighted by atomic mass is 10.1. The smallest absolute Gasteiger partial charge is 0.425 e. The van der Waals surface area contributed by atoms with Gasteiger partial charge in [0.05, 0.1) is 61.1 Å². The topological polar surface area (TPSA) is 359 Å². The van der Waals surface area contributed by atoms with Crippen molar-refractivity contribution in [3.05, 3.63) is 288 Å². The zero-order chi connectivity index (χ0) is 107. The van der Waals surface area contributed by atoms with Crippen LogP contribution in [0.4, 0.5) is 129 Å². The monoisotopic (exact) mass is 2030 g/mol. The van der Waals surface area contributed by atoms with Crippen molar-refractivity contribution in [2.24, 2.45) is 0 Å². The van der Waals surface area contributed by atoms with E-state index in [2.05, 4.69) is 159 Å². The quantitative estimate of drug-likeness (QED) is 0.0254. The largest absolute Gasteiger partial charge is 0.497 e. The van der Waals surface area contributed by atoms with E-state index >= 15 is 0 Å². The van der Waals surface area contributed by atoms with Crippen molar-refractivity contribution in [2.45, 2.75) is 62.3 Å². The van der Waals surface area contributed by atoms with Gasteiger partial charge < -0.3 is 104 Å². The van der Waals surface area contributed by atoms with Crippen molar-refractivity contribution >= 4 is 134 Å². The summed E-state index contributed by atoms with van der Waals surface area (Å²) in [7, 11) is 18.4. The molecule has 0 aliphatic carbocycles.